The second-order valence-electron chi connectivity index (χ2n) is 4.90. The number of hydrogen-bond acceptors (Lipinski definition) is 4. The summed E-state index contributed by atoms with van der Waals surface area (Å²) in [4.78, 5) is 4.11. The minimum atomic E-state index is 0.681. The second kappa shape index (κ2) is 5.40. The van der Waals surface area contributed by atoms with Crippen LogP contribution in [0.25, 0.3) is 11.1 Å². The zero-order chi connectivity index (χ0) is 12.2. The highest BCUT2D eigenvalue weighted by Crippen LogP contribution is 2.18. The van der Waals surface area contributed by atoms with Gasteiger partial charge in [0.1, 0.15) is 5.52 Å². The van der Waals surface area contributed by atoms with Gasteiger partial charge in [-0.1, -0.05) is 6.42 Å². The van der Waals surface area contributed by atoms with Crippen molar-refractivity contribution < 1.29 is 4.42 Å². The van der Waals surface area contributed by atoms with E-state index in [0.29, 0.717) is 6.04 Å². The summed E-state index contributed by atoms with van der Waals surface area (Å²) < 4.78 is 5.29. The lowest BCUT2D eigenvalue weighted by molar-refractivity contribution is 0.389. The molecule has 0 saturated carbocycles. The maximum absolute atomic E-state index is 5.29. The average molecular weight is 245 g/mol. The summed E-state index contributed by atoms with van der Waals surface area (Å²) in [5, 5.41) is 7.01. The molecule has 4 nitrogen and oxygen atoms in total. The van der Waals surface area contributed by atoms with Gasteiger partial charge in [0.2, 0.25) is 0 Å². The van der Waals surface area contributed by atoms with Crippen LogP contribution < -0.4 is 10.6 Å². The number of fused-ring (bicyclic) bond motifs is 1. The number of hydrogen-bond donors (Lipinski definition) is 2. The van der Waals surface area contributed by atoms with Crippen molar-refractivity contribution >= 4 is 16.8 Å². The summed E-state index contributed by atoms with van der Waals surface area (Å²) in [6, 6.07) is 6.73. The molecule has 4 heteroatoms. The van der Waals surface area contributed by atoms with Crippen molar-refractivity contribution in [3.63, 3.8) is 0 Å². The van der Waals surface area contributed by atoms with Crippen molar-refractivity contribution in [1.82, 2.24) is 10.3 Å². The molecule has 18 heavy (non-hydrogen) atoms. The Morgan fingerprint density at radius 1 is 1.39 bits per heavy atom. The third-order valence-corrected chi connectivity index (χ3v) is 3.57. The summed E-state index contributed by atoms with van der Waals surface area (Å²) in [5.74, 6) is 0. The van der Waals surface area contributed by atoms with Gasteiger partial charge in [0, 0.05) is 24.3 Å². The summed E-state index contributed by atoms with van der Waals surface area (Å²) in [7, 11) is 0. The molecule has 0 amide bonds. The molecule has 1 fully saturated rings. The Hall–Kier alpha value is -1.55. The van der Waals surface area contributed by atoms with Crippen LogP contribution in [0.2, 0.25) is 0 Å². The minimum Gasteiger partial charge on any atom is -0.443 e. The minimum absolute atomic E-state index is 0.681. The topological polar surface area (TPSA) is 50.1 Å². The predicted molar refractivity (Wildman–Crippen MR) is 72.8 cm³/mol. The molecular formula is C14H19N3O. The molecule has 0 aliphatic carbocycles. The van der Waals surface area contributed by atoms with Crippen molar-refractivity contribution in [2.45, 2.75) is 31.7 Å². The van der Waals surface area contributed by atoms with Gasteiger partial charge in [-0.15, -0.1) is 0 Å². The molecule has 1 aromatic heterocycles. The van der Waals surface area contributed by atoms with Crippen molar-refractivity contribution in [3.05, 3.63) is 24.6 Å². The second-order valence-corrected chi connectivity index (χ2v) is 4.90. The highest BCUT2D eigenvalue weighted by molar-refractivity contribution is 5.76. The van der Waals surface area contributed by atoms with Crippen LogP contribution >= 0.6 is 0 Å². The lowest BCUT2D eigenvalue weighted by Gasteiger charge is -2.23. The monoisotopic (exact) mass is 245 g/mol. The smallest absolute Gasteiger partial charge is 0.181 e. The van der Waals surface area contributed by atoms with E-state index in [4.69, 9.17) is 4.42 Å². The predicted octanol–water partition coefficient (Wildman–Crippen LogP) is 2.77. The number of benzene rings is 1. The molecule has 1 unspecified atom stereocenters. The lowest BCUT2D eigenvalue weighted by atomic mass is 10.0. The molecule has 1 saturated heterocycles. The molecule has 0 spiro atoms. The maximum atomic E-state index is 5.29. The highest BCUT2D eigenvalue weighted by atomic mass is 16.3. The summed E-state index contributed by atoms with van der Waals surface area (Å²) in [6.07, 6.45) is 6.66. The summed E-state index contributed by atoms with van der Waals surface area (Å²) >= 11 is 0. The Morgan fingerprint density at radius 3 is 3.28 bits per heavy atom. The first-order chi connectivity index (χ1) is 8.92. The van der Waals surface area contributed by atoms with Crippen molar-refractivity contribution in [2.24, 2.45) is 0 Å². The molecule has 1 atom stereocenters. The van der Waals surface area contributed by atoms with Crippen LogP contribution in [0, 0.1) is 0 Å². The number of oxazole rings is 1. The van der Waals surface area contributed by atoms with E-state index in [1.165, 1.54) is 38.6 Å². The van der Waals surface area contributed by atoms with Crippen LogP contribution in [-0.2, 0) is 0 Å². The van der Waals surface area contributed by atoms with Gasteiger partial charge in [0.25, 0.3) is 0 Å². The molecule has 2 N–H and O–H groups in total. The van der Waals surface area contributed by atoms with E-state index in [1.54, 1.807) is 0 Å². The zero-order valence-electron chi connectivity index (χ0n) is 10.5. The van der Waals surface area contributed by atoms with Crippen LogP contribution in [0.15, 0.2) is 29.0 Å². The van der Waals surface area contributed by atoms with Gasteiger partial charge in [0.05, 0.1) is 0 Å². The molecule has 1 aliphatic heterocycles. The summed E-state index contributed by atoms with van der Waals surface area (Å²) in [5.41, 5.74) is 2.86. The van der Waals surface area contributed by atoms with Crippen LogP contribution in [-0.4, -0.2) is 24.1 Å². The van der Waals surface area contributed by atoms with E-state index in [0.717, 1.165) is 23.3 Å². The highest BCUT2D eigenvalue weighted by Gasteiger charge is 2.11. The van der Waals surface area contributed by atoms with Crippen molar-refractivity contribution in [3.8, 4) is 0 Å². The molecule has 96 valence electrons. The Labute approximate surface area is 107 Å². The molecule has 0 radical (unpaired) electrons. The van der Waals surface area contributed by atoms with Crippen LogP contribution in [0.1, 0.15) is 25.7 Å². The number of nitrogens with one attached hydrogen (secondary N) is 2. The van der Waals surface area contributed by atoms with Gasteiger partial charge < -0.3 is 15.1 Å². The lowest BCUT2D eigenvalue weighted by Crippen LogP contribution is -2.35. The Kier molecular flexibility index (Phi) is 3.46. The van der Waals surface area contributed by atoms with Crippen LogP contribution in [0.4, 0.5) is 5.69 Å². The van der Waals surface area contributed by atoms with Gasteiger partial charge in [-0.05, 0) is 37.9 Å². The third kappa shape index (κ3) is 2.64. The third-order valence-electron chi connectivity index (χ3n) is 3.57. The number of anilines is 1. The molecule has 2 aromatic rings. The Balaban J connectivity index is 1.52. The fourth-order valence-electron chi connectivity index (χ4n) is 2.53. The van der Waals surface area contributed by atoms with Gasteiger partial charge in [0.15, 0.2) is 12.0 Å². The fourth-order valence-corrected chi connectivity index (χ4v) is 2.53. The SMILES string of the molecule is c1nc2ccc(NCCC3CCCCN3)cc2o1. The first-order valence-corrected chi connectivity index (χ1v) is 6.72. The summed E-state index contributed by atoms with van der Waals surface area (Å²) in [6.45, 7) is 2.17. The van der Waals surface area contributed by atoms with E-state index in [-0.39, 0.29) is 0 Å². The van der Waals surface area contributed by atoms with Crippen LogP contribution in [0.3, 0.4) is 0 Å². The maximum Gasteiger partial charge on any atom is 0.181 e. The van der Waals surface area contributed by atoms with E-state index in [9.17, 15) is 0 Å². The number of piperidine rings is 1. The van der Waals surface area contributed by atoms with Gasteiger partial charge >= 0.3 is 0 Å². The van der Waals surface area contributed by atoms with E-state index in [2.05, 4.69) is 21.7 Å². The molecule has 1 aromatic carbocycles. The van der Waals surface area contributed by atoms with E-state index < -0.39 is 0 Å². The number of nitrogens with zero attached hydrogens (tertiary/aromatic N) is 1. The molecular weight excluding hydrogens is 226 g/mol. The first kappa shape index (κ1) is 11.5. The Bertz CT molecular complexity index is 502. The quantitative estimate of drug-likeness (QED) is 0.869. The molecule has 3 rings (SSSR count). The van der Waals surface area contributed by atoms with Gasteiger partial charge in [-0.3, -0.25) is 0 Å². The fraction of sp³-hybridized carbons (Fsp3) is 0.500. The first-order valence-electron chi connectivity index (χ1n) is 6.72. The Morgan fingerprint density at radius 2 is 2.39 bits per heavy atom. The van der Waals surface area contributed by atoms with Crippen molar-refractivity contribution in [2.75, 3.05) is 18.4 Å². The largest absolute Gasteiger partial charge is 0.443 e. The zero-order valence-corrected chi connectivity index (χ0v) is 10.5. The number of rotatable bonds is 4. The standard InChI is InChI=1S/C14H19N3O/c1-2-7-15-11(3-1)6-8-16-12-4-5-13-14(9-12)18-10-17-13/h4-5,9-11,15-16H,1-3,6-8H2. The van der Waals surface area contributed by atoms with E-state index in [1.807, 2.05) is 12.1 Å². The van der Waals surface area contributed by atoms with Gasteiger partial charge in [-0.25, -0.2) is 4.98 Å². The van der Waals surface area contributed by atoms with Crippen molar-refractivity contribution in [1.29, 1.82) is 0 Å². The molecule has 2 heterocycles. The molecule has 0 bridgehead atoms. The van der Waals surface area contributed by atoms with Crippen LogP contribution in [0.5, 0.6) is 0 Å². The molecule has 1 aliphatic rings. The van der Waals surface area contributed by atoms with Gasteiger partial charge in [-0.2, -0.15) is 0 Å². The average Bonchev–Trinajstić information content (AvgIpc) is 2.87. The number of aromatic nitrogens is 1. The van der Waals surface area contributed by atoms with E-state index >= 15 is 0 Å². The normalized spacial score (nSPS) is 20.1.